The lowest BCUT2D eigenvalue weighted by Gasteiger charge is -2.05. The van der Waals surface area contributed by atoms with Crippen LogP contribution in [0.5, 0.6) is 0 Å². The number of rotatable bonds is 2. The van der Waals surface area contributed by atoms with E-state index in [-0.39, 0.29) is 11.5 Å². The zero-order valence-electron chi connectivity index (χ0n) is 11.2. The highest BCUT2D eigenvalue weighted by Gasteiger charge is 2.11. The third kappa shape index (κ3) is 2.53. The highest BCUT2D eigenvalue weighted by Crippen LogP contribution is 2.25. The van der Waals surface area contributed by atoms with Gasteiger partial charge in [0.25, 0.3) is 0 Å². The van der Waals surface area contributed by atoms with Crippen LogP contribution in [-0.2, 0) is 4.79 Å². The van der Waals surface area contributed by atoms with E-state index >= 15 is 0 Å². The van der Waals surface area contributed by atoms with E-state index in [1.807, 2.05) is 0 Å². The van der Waals surface area contributed by atoms with E-state index in [9.17, 15) is 9.18 Å². The van der Waals surface area contributed by atoms with Crippen molar-refractivity contribution in [1.29, 1.82) is 0 Å². The Morgan fingerprint density at radius 1 is 1.38 bits per heavy atom. The molecule has 0 unspecified atom stereocenters. The molecule has 1 aromatic carbocycles. The van der Waals surface area contributed by atoms with E-state index in [0.717, 1.165) is 0 Å². The van der Waals surface area contributed by atoms with Crippen LogP contribution in [0.25, 0.3) is 17.0 Å². The summed E-state index contributed by atoms with van der Waals surface area (Å²) in [5.41, 5.74) is 7.33. The van der Waals surface area contributed by atoms with Crippen molar-refractivity contribution in [1.82, 2.24) is 14.4 Å². The summed E-state index contributed by atoms with van der Waals surface area (Å²) in [4.78, 5) is 19.4. The number of hydrogen-bond acceptors (Lipinski definition) is 4. The third-order valence-corrected chi connectivity index (χ3v) is 2.89. The number of amides is 1. The Hall–Kier alpha value is -2.96. The number of anilines is 2. The molecule has 0 saturated carbocycles. The molecule has 0 aliphatic rings. The normalized spacial score (nSPS) is 10.8. The summed E-state index contributed by atoms with van der Waals surface area (Å²) in [6, 6.07) is 4.31. The topological polar surface area (TPSA) is 85.3 Å². The molecule has 0 atom stereocenters. The van der Waals surface area contributed by atoms with Crippen molar-refractivity contribution < 1.29 is 9.18 Å². The Labute approximate surface area is 119 Å². The van der Waals surface area contributed by atoms with Gasteiger partial charge in [0.05, 0.1) is 17.6 Å². The fraction of sp³-hybridized carbons (Fsp3) is 0.0714. The Morgan fingerprint density at radius 3 is 2.95 bits per heavy atom. The molecule has 21 heavy (non-hydrogen) atoms. The van der Waals surface area contributed by atoms with Crippen LogP contribution in [0.4, 0.5) is 15.8 Å². The van der Waals surface area contributed by atoms with Gasteiger partial charge in [0.15, 0.2) is 0 Å². The van der Waals surface area contributed by atoms with Crippen molar-refractivity contribution in [3.8, 4) is 11.3 Å². The zero-order chi connectivity index (χ0) is 15.0. The molecule has 0 fully saturated rings. The molecule has 3 rings (SSSR count). The minimum absolute atomic E-state index is 0.225. The third-order valence-electron chi connectivity index (χ3n) is 2.89. The van der Waals surface area contributed by atoms with Gasteiger partial charge in [0.2, 0.25) is 11.7 Å². The second-order valence-corrected chi connectivity index (χ2v) is 4.60. The standard InChI is InChI=1S/C14H12FN5O/c1-8(21)18-10-2-3-12(15)11(4-10)13-7-20-6-9(16)5-17-14(20)19-13/h2-7H,16H2,1H3,(H,18,21). The number of nitrogens with one attached hydrogen (secondary N) is 1. The highest BCUT2D eigenvalue weighted by atomic mass is 19.1. The second-order valence-electron chi connectivity index (χ2n) is 4.60. The number of hydrogen-bond donors (Lipinski definition) is 2. The average Bonchev–Trinajstić information content (AvgIpc) is 2.83. The number of carbonyl (C=O) groups excluding carboxylic acids is 1. The Balaban J connectivity index is 2.10. The largest absolute Gasteiger partial charge is 0.396 e. The first-order valence-corrected chi connectivity index (χ1v) is 6.20. The summed E-state index contributed by atoms with van der Waals surface area (Å²) in [7, 11) is 0. The first-order chi connectivity index (χ1) is 10.0. The van der Waals surface area contributed by atoms with Crippen molar-refractivity contribution >= 4 is 23.1 Å². The monoisotopic (exact) mass is 285 g/mol. The lowest BCUT2D eigenvalue weighted by atomic mass is 10.1. The molecule has 0 bridgehead atoms. The van der Waals surface area contributed by atoms with Gasteiger partial charge < -0.3 is 11.1 Å². The van der Waals surface area contributed by atoms with Crippen LogP contribution in [0.2, 0.25) is 0 Å². The van der Waals surface area contributed by atoms with Gasteiger partial charge in [-0.25, -0.2) is 14.4 Å². The summed E-state index contributed by atoms with van der Waals surface area (Å²) in [6.07, 6.45) is 4.76. The van der Waals surface area contributed by atoms with Crippen molar-refractivity contribution in [3.05, 3.63) is 42.6 Å². The average molecular weight is 285 g/mol. The minimum atomic E-state index is -0.430. The SMILES string of the molecule is CC(=O)Nc1ccc(F)c(-c2cn3cc(N)cnc3n2)c1. The van der Waals surface area contributed by atoms with Gasteiger partial charge in [0.1, 0.15) is 5.82 Å². The van der Waals surface area contributed by atoms with Crippen molar-refractivity contribution in [2.75, 3.05) is 11.1 Å². The molecule has 1 amide bonds. The molecule has 6 nitrogen and oxygen atoms in total. The number of aromatic nitrogens is 3. The second kappa shape index (κ2) is 4.86. The van der Waals surface area contributed by atoms with Gasteiger partial charge in [-0.3, -0.25) is 9.20 Å². The quantitative estimate of drug-likeness (QED) is 0.755. The Kier molecular flexibility index (Phi) is 3.02. The van der Waals surface area contributed by atoms with Gasteiger partial charge >= 0.3 is 0 Å². The number of nitrogens with two attached hydrogens (primary N) is 1. The fourth-order valence-electron chi connectivity index (χ4n) is 2.03. The van der Waals surface area contributed by atoms with E-state index in [1.54, 1.807) is 16.8 Å². The van der Waals surface area contributed by atoms with Crippen LogP contribution in [-0.4, -0.2) is 20.3 Å². The van der Waals surface area contributed by atoms with Crippen LogP contribution >= 0.6 is 0 Å². The molecule has 0 radical (unpaired) electrons. The van der Waals surface area contributed by atoms with E-state index in [0.29, 0.717) is 22.8 Å². The van der Waals surface area contributed by atoms with Gasteiger partial charge in [-0.05, 0) is 18.2 Å². The van der Waals surface area contributed by atoms with E-state index < -0.39 is 5.82 Å². The molecule has 2 heterocycles. The van der Waals surface area contributed by atoms with Gasteiger partial charge in [-0.2, -0.15) is 0 Å². The number of benzene rings is 1. The maximum Gasteiger partial charge on any atom is 0.234 e. The first-order valence-electron chi connectivity index (χ1n) is 6.20. The van der Waals surface area contributed by atoms with Crippen molar-refractivity contribution in [2.24, 2.45) is 0 Å². The minimum Gasteiger partial charge on any atom is -0.396 e. The van der Waals surface area contributed by atoms with Crippen molar-refractivity contribution in [2.45, 2.75) is 6.92 Å². The van der Waals surface area contributed by atoms with Crippen LogP contribution in [0, 0.1) is 5.82 Å². The van der Waals surface area contributed by atoms with Crippen LogP contribution in [0.3, 0.4) is 0 Å². The first kappa shape index (κ1) is 13.0. The molecule has 0 spiro atoms. The molecule has 3 N–H and O–H groups in total. The number of carbonyl (C=O) groups is 1. The summed E-state index contributed by atoms with van der Waals surface area (Å²) in [5, 5.41) is 2.61. The van der Waals surface area contributed by atoms with E-state index in [4.69, 9.17) is 5.73 Å². The summed E-state index contributed by atoms with van der Waals surface area (Å²) >= 11 is 0. The molecule has 2 aromatic heterocycles. The lowest BCUT2D eigenvalue weighted by molar-refractivity contribution is -0.114. The number of fused-ring (bicyclic) bond motifs is 1. The molecule has 0 aliphatic heterocycles. The highest BCUT2D eigenvalue weighted by molar-refractivity contribution is 5.89. The van der Waals surface area contributed by atoms with Gasteiger partial charge in [0, 0.05) is 30.6 Å². The van der Waals surface area contributed by atoms with E-state index in [2.05, 4.69) is 15.3 Å². The van der Waals surface area contributed by atoms with Crippen LogP contribution in [0.15, 0.2) is 36.8 Å². The van der Waals surface area contributed by atoms with Crippen LogP contribution < -0.4 is 11.1 Å². The Bertz CT molecular complexity index is 842. The molecule has 7 heteroatoms. The Morgan fingerprint density at radius 2 is 2.19 bits per heavy atom. The van der Waals surface area contributed by atoms with Gasteiger partial charge in [-0.1, -0.05) is 0 Å². The molecule has 0 saturated heterocycles. The number of nitrogen functional groups attached to an aromatic ring is 1. The van der Waals surface area contributed by atoms with Gasteiger partial charge in [-0.15, -0.1) is 0 Å². The lowest BCUT2D eigenvalue weighted by Crippen LogP contribution is -2.05. The van der Waals surface area contributed by atoms with Crippen molar-refractivity contribution in [3.63, 3.8) is 0 Å². The predicted octanol–water partition coefficient (Wildman–Crippen LogP) is 2.08. The maximum absolute atomic E-state index is 14.0. The number of nitrogens with zero attached hydrogens (tertiary/aromatic N) is 3. The molecular formula is C14H12FN5O. The fourth-order valence-corrected chi connectivity index (χ4v) is 2.03. The summed E-state index contributed by atoms with van der Waals surface area (Å²) < 4.78 is 15.6. The molecule has 3 aromatic rings. The van der Waals surface area contributed by atoms with Crippen LogP contribution in [0.1, 0.15) is 6.92 Å². The smallest absolute Gasteiger partial charge is 0.234 e. The molecule has 0 aliphatic carbocycles. The predicted molar refractivity (Wildman–Crippen MR) is 77.1 cm³/mol. The summed E-state index contributed by atoms with van der Waals surface area (Å²) in [6.45, 7) is 1.39. The number of halogens is 1. The maximum atomic E-state index is 14.0. The molecular weight excluding hydrogens is 273 g/mol. The summed E-state index contributed by atoms with van der Waals surface area (Å²) in [5.74, 6) is -0.235. The zero-order valence-corrected chi connectivity index (χ0v) is 11.2. The number of imidazole rings is 1. The van der Waals surface area contributed by atoms with E-state index in [1.165, 1.54) is 31.3 Å². The molecule has 106 valence electrons.